The number of hydrazine groups is 1. The minimum atomic E-state index is -0.493. The van der Waals surface area contributed by atoms with Gasteiger partial charge in [0, 0.05) is 24.8 Å². The maximum Gasteiger partial charge on any atom is 0.265 e. The molecule has 1 amide bonds. The van der Waals surface area contributed by atoms with E-state index in [9.17, 15) is 9.18 Å². The molecule has 26 heavy (non-hydrogen) atoms. The SMILES string of the molecule is CC.CC.COCCOc1c(F)ccc(C(=O)NNCC(C)(C)C)c1C. The third-order valence-corrected chi connectivity index (χ3v) is 2.96. The molecular weight excluding hydrogens is 335 g/mol. The van der Waals surface area contributed by atoms with Gasteiger partial charge in [0.2, 0.25) is 0 Å². The first kappa shape index (κ1) is 26.6. The molecule has 1 rings (SSSR count). The van der Waals surface area contributed by atoms with Crippen LogP contribution in [-0.2, 0) is 4.74 Å². The highest BCUT2D eigenvalue weighted by Gasteiger charge is 2.17. The van der Waals surface area contributed by atoms with Crippen LogP contribution >= 0.6 is 0 Å². The van der Waals surface area contributed by atoms with Crippen molar-refractivity contribution in [2.45, 2.75) is 55.4 Å². The highest BCUT2D eigenvalue weighted by molar-refractivity contribution is 5.95. The van der Waals surface area contributed by atoms with E-state index < -0.39 is 5.82 Å². The quantitative estimate of drug-likeness (QED) is 0.547. The Morgan fingerprint density at radius 1 is 1.12 bits per heavy atom. The molecule has 0 saturated heterocycles. The third kappa shape index (κ3) is 10.4. The summed E-state index contributed by atoms with van der Waals surface area (Å²) in [5, 5.41) is 0. The van der Waals surface area contributed by atoms with Crippen molar-refractivity contribution in [1.29, 1.82) is 0 Å². The lowest BCUT2D eigenvalue weighted by Gasteiger charge is -2.19. The Bertz CT molecular complexity index is 515. The molecule has 0 bridgehead atoms. The van der Waals surface area contributed by atoms with Crippen LogP contribution in [0.5, 0.6) is 5.75 Å². The molecule has 0 aliphatic carbocycles. The Labute approximate surface area is 158 Å². The van der Waals surface area contributed by atoms with Crippen LogP contribution in [-0.4, -0.2) is 32.8 Å². The number of ether oxygens (including phenoxy) is 2. The first-order valence-electron chi connectivity index (χ1n) is 9.20. The van der Waals surface area contributed by atoms with Gasteiger partial charge in [-0.05, 0) is 24.5 Å². The van der Waals surface area contributed by atoms with Crippen LogP contribution in [0.15, 0.2) is 12.1 Å². The summed E-state index contributed by atoms with van der Waals surface area (Å²) in [6.45, 7) is 17.0. The fourth-order valence-corrected chi connectivity index (χ4v) is 1.77. The second-order valence-corrected chi connectivity index (χ2v) is 6.26. The van der Waals surface area contributed by atoms with Crippen LogP contribution in [0, 0.1) is 18.2 Å². The molecule has 0 radical (unpaired) electrons. The summed E-state index contributed by atoms with van der Waals surface area (Å²) in [7, 11) is 1.54. The van der Waals surface area contributed by atoms with E-state index in [1.165, 1.54) is 19.2 Å². The van der Waals surface area contributed by atoms with Gasteiger partial charge in [0.25, 0.3) is 5.91 Å². The van der Waals surface area contributed by atoms with Gasteiger partial charge in [-0.2, -0.15) is 0 Å². The van der Waals surface area contributed by atoms with Gasteiger partial charge in [-0.25, -0.2) is 9.82 Å². The van der Waals surface area contributed by atoms with Gasteiger partial charge < -0.3 is 9.47 Å². The molecule has 2 N–H and O–H groups in total. The molecule has 0 heterocycles. The van der Waals surface area contributed by atoms with E-state index in [4.69, 9.17) is 9.47 Å². The predicted octanol–water partition coefficient (Wildman–Crippen LogP) is 4.49. The Morgan fingerprint density at radius 3 is 2.19 bits per heavy atom. The van der Waals surface area contributed by atoms with Crippen LogP contribution in [0.25, 0.3) is 0 Å². The molecular formula is C20H37FN2O3. The number of hydrogen-bond donors (Lipinski definition) is 2. The lowest BCUT2D eigenvalue weighted by Crippen LogP contribution is -2.42. The Kier molecular flexibility index (Phi) is 14.8. The Hall–Kier alpha value is -1.66. The van der Waals surface area contributed by atoms with Crippen molar-refractivity contribution >= 4 is 5.91 Å². The number of carbonyl (C=O) groups is 1. The number of amides is 1. The second-order valence-electron chi connectivity index (χ2n) is 6.26. The minimum Gasteiger partial charge on any atom is -0.488 e. The second kappa shape index (κ2) is 14.5. The Morgan fingerprint density at radius 2 is 1.69 bits per heavy atom. The number of rotatable bonds is 7. The van der Waals surface area contributed by atoms with Crippen molar-refractivity contribution in [2.24, 2.45) is 5.41 Å². The molecule has 1 aromatic carbocycles. The molecule has 0 aliphatic rings. The first-order valence-corrected chi connectivity index (χ1v) is 9.20. The summed E-state index contributed by atoms with van der Waals surface area (Å²) in [5.74, 6) is -0.730. The van der Waals surface area contributed by atoms with Crippen LogP contribution in [0.3, 0.4) is 0 Å². The number of carbonyl (C=O) groups excluding carboxylic acids is 1. The van der Waals surface area contributed by atoms with Crippen LogP contribution < -0.4 is 15.6 Å². The molecule has 0 spiro atoms. The summed E-state index contributed by atoms with van der Waals surface area (Å²) < 4.78 is 24.0. The monoisotopic (exact) mass is 372 g/mol. The van der Waals surface area contributed by atoms with Gasteiger partial charge in [0.05, 0.1) is 6.61 Å². The van der Waals surface area contributed by atoms with Crippen LogP contribution in [0.2, 0.25) is 0 Å². The number of benzene rings is 1. The standard InChI is InChI=1S/C16H25FN2O3.2C2H6/c1-11-12(15(20)19-18-10-16(2,3)4)6-7-13(17)14(11)22-9-8-21-5;2*1-2/h6-7,18H,8-10H2,1-5H3,(H,19,20);2*1-2H3. The molecule has 0 saturated carbocycles. The van der Waals surface area contributed by atoms with Crippen molar-refractivity contribution in [2.75, 3.05) is 26.9 Å². The largest absolute Gasteiger partial charge is 0.488 e. The summed E-state index contributed by atoms with van der Waals surface area (Å²) in [4.78, 5) is 12.2. The first-order chi connectivity index (χ1) is 12.3. The average molecular weight is 373 g/mol. The number of methoxy groups -OCH3 is 1. The summed E-state index contributed by atoms with van der Waals surface area (Å²) in [6.07, 6.45) is 0. The maximum absolute atomic E-state index is 13.8. The molecule has 5 nitrogen and oxygen atoms in total. The van der Waals surface area contributed by atoms with E-state index in [0.29, 0.717) is 24.3 Å². The van der Waals surface area contributed by atoms with E-state index in [0.717, 1.165) is 0 Å². The molecule has 6 heteroatoms. The lowest BCUT2D eigenvalue weighted by atomic mass is 9.97. The fraction of sp³-hybridized carbons (Fsp3) is 0.650. The zero-order valence-corrected chi connectivity index (χ0v) is 17.9. The van der Waals surface area contributed by atoms with E-state index in [-0.39, 0.29) is 23.7 Å². The molecule has 1 aromatic rings. The van der Waals surface area contributed by atoms with Gasteiger partial charge >= 0.3 is 0 Å². The Balaban J connectivity index is 0. The third-order valence-electron chi connectivity index (χ3n) is 2.96. The van der Waals surface area contributed by atoms with Gasteiger partial charge in [-0.3, -0.25) is 10.2 Å². The van der Waals surface area contributed by atoms with Gasteiger partial charge in [0.1, 0.15) is 6.61 Å². The van der Waals surface area contributed by atoms with Crippen LogP contribution in [0.1, 0.15) is 64.4 Å². The van der Waals surface area contributed by atoms with Crippen molar-refractivity contribution in [3.8, 4) is 5.75 Å². The maximum atomic E-state index is 13.8. The van der Waals surface area contributed by atoms with Gasteiger partial charge in [-0.15, -0.1) is 0 Å². The van der Waals surface area contributed by atoms with Gasteiger partial charge in [0.15, 0.2) is 11.6 Å². The van der Waals surface area contributed by atoms with E-state index in [1.807, 2.05) is 27.7 Å². The van der Waals surface area contributed by atoms with Crippen LogP contribution in [0.4, 0.5) is 4.39 Å². The summed E-state index contributed by atoms with van der Waals surface area (Å²) in [6, 6.07) is 2.68. The number of hydrogen-bond acceptors (Lipinski definition) is 4. The van der Waals surface area contributed by atoms with Crippen molar-refractivity contribution in [3.05, 3.63) is 29.1 Å². The summed E-state index contributed by atoms with van der Waals surface area (Å²) >= 11 is 0. The molecule has 0 atom stereocenters. The van der Waals surface area contributed by atoms with Crippen molar-refractivity contribution < 1.29 is 18.7 Å². The fourth-order valence-electron chi connectivity index (χ4n) is 1.77. The molecule has 0 unspecified atom stereocenters. The topological polar surface area (TPSA) is 59.6 Å². The lowest BCUT2D eigenvalue weighted by molar-refractivity contribution is 0.0925. The smallest absolute Gasteiger partial charge is 0.265 e. The zero-order valence-electron chi connectivity index (χ0n) is 17.9. The molecule has 0 fully saturated rings. The summed E-state index contributed by atoms with van der Waals surface area (Å²) in [5.41, 5.74) is 6.38. The number of nitrogens with one attached hydrogen (secondary N) is 2. The average Bonchev–Trinajstić information content (AvgIpc) is 2.60. The van der Waals surface area contributed by atoms with E-state index in [2.05, 4.69) is 31.6 Å². The molecule has 152 valence electrons. The minimum absolute atomic E-state index is 0.0412. The van der Waals surface area contributed by atoms with Gasteiger partial charge in [-0.1, -0.05) is 48.5 Å². The highest BCUT2D eigenvalue weighted by atomic mass is 19.1. The zero-order chi connectivity index (χ0) is 20.8. The van der Waals surface area contributed by atoms with Crippen molar-refractivity contribution in [1.82, 2.24) is 10.9 Å². The van der Waals surface area contributed by atoms with E-state index in [1.54, 1.807) is 6.92 Å². The molecule has 0 aromatic heterocycles. The normalized spacial score (nSPS) is 10.1. The highest BCUT2D eigenvalue weighted by Crippen LogP contribution is 2.25. The number of halogens is 1. The van der Waals surface area contributed by atoms with Crippen molar-refractivity contribution in [3.63, 3.8) is 0 Å². The predicted molar refractivity (Wildman–Crippen MR) is 106 cm³/mol. The molecule has 0 aliphatic heterocycles. The van der Waals surface area contributed by atoms with E-state index >= 15 is 0 Å².